The van der Waals surface area contributed by atoms with Gasteiger partial charge in [0.2, 0.25) is 0 Å². The van der Waals surface area contributed by atoms with E-state index in [-0.39, 0.29) is 4.75 Å². The number of rotatable bonds is 2. The maximum absolute atomic E-state index is 11.5. The first kappa shape index (κ1) is 12.2. The summed E-state index contributed by atoms with van der Waals surface area (Å²) in [5, 5.41) is 1.85. The third-order valence-corrected chi connectivity index (χ3v) is 4.03. The highest BCUT2D eigenvalue weighted by atomic mass is 79.9. The summed E-state index contributed by atoms with van der Waals surface area (Å²) < 4.78 is 16.0. The smallest absolute Gasteiger partial charge is 0.159 e. The van der Waals surface area contributed by atoms with Gasteiger partial charge in [0.05, 0.1) is 5.69 Å². The molecule has 0 bridgehead atoms. The van der Waals surface area contributed by atoms with Gasteiger partial charge >= 0.3 is 0 Å². The summed E-state index contributed by atoms with van der Waals surface area (Å²) in [6.07, 6.45) is 1.54. The summed E-state index contributed by atoms with van der Waals surface area (Å²) in [4.78, 5) is 4.12. The highest BCUT2D eigenvalue weighted by molar-refractivity contribution is 9.11. The zero-order chi connectivity index (χ0) is 10.8. The Labute approximate surface area is 99.1 Å². The maximum atomic E-state index is 11.5. The van der Waals surface area contributed by atoms with Crippen molar-refractivity contribution in [3.63, 3.8) is 0 Å². The van der Waals surface area contributed by atoms with E-state index in [4.69, 9.17) is 0 Å². The van der Waals surface area contributed by atoms with Gasteiger partial charge in [0, 0.05) is 5.38 Å². The molecule has 0 aliphatic rings. The van der Waals surface area contributed by atoms with Gasteiger partial charge < -0.3 is 4.55 Å². The lowest BCUT2D eigenvalue weighted by atomic mass is 10.3. The second-order valence-corrected chi connectivity index (χ2v) is 7.69. The number of thiazole rings is 1. The van der Waals surface area contributed by atoms with Crippen molar-refractivity contribution < 1.29 is 4.55 Å². The van der Waals surface area contributed by atoms with Crippen molar-refractivity contribution in [1.29, 1.82) is 0 Å². The molecule has 0 aromatic carbocycles. The first-order valence-electron chi connectivity index (χ1n) is 3.96. The predicted molar refractivity (Wildman–Crippen MR) is 65.3 cm³/mol. The molecular weight excluding hydrogens is 284 g/mol. The lowest BCUT2D eigenvalue weighted by molar-refractivity contribution is 0.562. The van der Waals surface area contributed by atoms with Crippen molar-refractivity contribution in [2.75, 3.05) is 0 Å². The van der Waals surface area contributed by atoms with Gasteiger partial charge in [-0.25, -0.2) is 4.98 Å². The Kier molecular flexibility index (Phi) is 4.12. The summed E-state index contributed by atoms with van der Waals surface area (Å²) in [5.74, 6) is 0. The van der Waals surface area contributed by atoms with Crippen LogP contribution in [-0.2, 0) is 11.4 Å². The fourth-order valence-electron chi connectivity index (χ4n) is 0.582. The van der Waals surface area contributed by atoms with Crippen LogP contribution in [0.2, 0.25) is 0 Å². The van der Waals surface area contributed by atoms with E-state index >= 15 is 0 Å². The summed E-state index contributed by atoms with van der Waals surface area (Å²) in [6, 6.07) is 0. The van der Waals surface area contributed by atoms with Crippen molar-refractivity contribution in [2.24, 2.45) is 4.40 Å². The first-order chi connectivity index (χ1) is 6.39. The Balaban J connectivity index is 2.65. The monoisotopic (exact) mass is 294 g/mol. The van der Waals surface area contributed by atoms with Crippen LogP contribution in [0.4, 0.5) is 0 Å². The second kappa shape index (κ2) is 4.74. The predicted octanol–water partition coefficient (Wildman–Crippen LogP) is 2.79. The first-order valence-corrected chi connectivity index (χ1v) is 6.74. The number of aromatic nitrogens is 1. The minimum atomic E-state index is -1.21. The normalized spacial score (nSPS) is 14.9. The van der Waals surface area contributed by atoms with E-state index in [1.807, 2.05) is 26.2 Å². The lowest BCUT2D eigenvalue weighted by Gasteiger charge is -2.17. The van der Waals surface area contributed by atoms with Gasteiger partial charge in [0.1, 0.15) is 22.3 Å². The minimum absolute atomic E-state index is 0.316. The number of halogens is 1. The van der Waals surface area contributed by atoms with Crippen LogP contribution in [0.3, 0.4) is 0 Å². The Bertz CT molecular complexity index is 332. The molecule has 0 aliphatic carbocycles. The molecule has 1 rings (SSSR count). The summed E-state index contributed by atoms with van der Waals surface area (Å²) >= 11 is 3.52. The summed E-state index contributed by atoms with van der Waals surface area (Å²) in [7, 11) is 0. The van der Waals surface area contributed by atoms with Crippen LogP contribution in [0.15, 0.2) is 13.7 Å². The van der Waals surface area contributed by atoms with Crippen molar-refractivity contribution in [1.82, 2.24) is 4.98 Å². The van der Waals surface area contributed by atoms with E-state index in [0.717, 1.165) is 9.61 Å². The summed E-state index contributed by atoms with van der Waals surface area (Å²) in [5.41, 5.74) is 0.736. The average Bonchev–Trinajstić information content (AvgIpc) is 2.45. The Morgan fingerprint density at radius 2 is 2.29 bits per heavy atom. The van der Waals surface area contributed by atoms with E-state index in [1.54, 1.807) is 6.21 Å². The highest BCUT2D eigenvalue weighted by Crippen LogP contribution is 2.18. The van der Waals surface area contributed by atoms with Gasteiger partial charge in [-0.2, -0.15) is 0 Å². The number of nitrogens with zero attached hydrogens (tertiary/aromatic N) is 2. The van der Waals surface area contributed by atoms with Crippen molar-refractivity contribution in [3.8, 4) is 0 Å². The van der Waals surface area contributed by atoms with Gasteiger partial charge in [-0.05, 0) is 36.7 Å². The van der Waals surface area contributed by atoms with Gasteiger partial charge in [0.25, 0.3) is 0 Å². The molecule has 14 heavy (non-hydrogen) atoms. The van der Waals surface area contributed by atoms with Crippen LogP contribution in [-0.4, -0.2) is 20.5 Å². The van der Waals surface area contributed by atoms with E-state index in [0.29, 0.717) is 0 Å². The molecule has 0 saturated heterocycles. The molecule has 1 unspecified atom stereocenters. The molecule has 6 heteroatoms. The van der Waals surface area contributed by atoms with Gasteiger partial charge in [-0.3, -0.25) is 0 Å². The van der Waals surface area contributed by atoms with Crippen molar-refractivity contribution >= 4 is 44.8 Å². The van der Waals surface area contributed by atoms with E-state index in [9.17, 15) is 4.55 Å². The van der Waals surface area contributed by atoms with Crippen LogP contribution in [0, 0.1) is 0 Å². The molecular formula is C8H11BrN2OS2. The maximum Gasteiger partial charge on any atom is 0.159 e. The molecule has 3 nitrogen and oxygen atoms in total. The molecule has 0 spiro atoms. The van der Waals surface area contributed by atoms with Crippen LogP contribution < -0.4 is 0 Å². The number of hydrogen-bond donors (Lipinski definition) is 0. The van der Waals surface area contributed by atoms with Crippen LogP contribution in [0.1, 0.15) is 26.5 Å². The molecule has 1 aromatic heterocycles. The van der Waals surface area contributed by atoms with Crippen molar-refractivity contribution in [2.45, 2.75) is 25.5 Å². The van der Waals surface area contributed by atoms with Crippen LogP contribution >= 0.6 is 27.3 Å². The molecule has 1 heterocycles. The van der Waals surface area contributed by atoms with E-state index in [2.05, 4.69) is 25.3 Å². The summed E-state index contributed by atoms with van der Waals surface area (Å²) in [6.45, 7) is 5.66. The molecule has 0 fully saturated rings. The van der Waals surface area contributed by atoms with Gasteiger partial charge in [0.15, 0.2) is 3.92 Å². The van der Waals surface area contributed by atoms with Gasteiger partial charge in [-0.1, -0.05) is 4.40 Å². The minimum Gasteiger partial charge on any atom is -0.591 e. The number of hydrogen-bond acceptors (Lipinski definition) is 4. The molecule has 0 aliphatic heterocycles. The standard InChI is InChI=1S/C8H11BrN2OS2/c1-8(2,3)14(12)10-4-6-5-13-7(9)11-6/h4-5H,1-3H3/b10-4-. The van der Waals surface area contributed by atoms with Crippen molar-refractivity contribution in [3.05, 3.63) is 15.0 Å². The lowest BCUT2D eigenvalue weighted by Crippen LogP contribution is -2.25. The molecule has 78 valence electrons. The molecule has 1 aromatic rings. The molecule has 0 saturated carbocycles. The van der Waals surface area contributed by atoms with Crippen LogP contribution in [0.25, 0.3) is 0 Å². The zero-order valence-electron chi connectivity index (χ0n) is 8.15. The van der Waals surface area contributed by atoms with E-state index in [1.165, 1.54) is 11.3 Å². The zero-order valence-corrected chi connectivity index (χ0v) is 11.4. The second-order valence-electron chi connectivity index (χ2n) is 3.62. The Morgan fingerprint density at radius 1 is 1.64 bits per heavy atom. The Morgan fingerprint density at radius 3 is 2.71 bits per heavy atom. The molecule has 0 radical (unpaired) electrons. The average molecular weight is 295 g/mol. The highest BCUT2D eigenvalue weighted by Gasteiger charge is 2.25. The van der Waals surface area contributed by atoms with Crippen LogP contribution in [0.5, 0.6) is 0 Å². The Hall–Kier alpha value is 0.0900. The third kappa shape index (κ3) is 3.68. The molecule has 0 amide bonds. The topological polar surface area (TPSA) is 48.3 Å². The third-order valence-electron chi connectivity index (χ3n) is 1.30. The van der Waals surface area contributed by atoms with E-state index < -0.39 is 11.4 Å². The molecule has 0 N–H and O–H groups in total. The quantitative estimate of drug-likeness (QED) is 0.622. The van der Waals surface area contributed by atoms with Gasteiger partial charge in [-0.15, -0.1) is 11.3 Å². The fourth-order valence-corrected chi connectivity index (χ4v) is 2.08. The largest absolute Gasteiger partial charge is 0.591 e. The fraction of sp³-hybridized carbons (Fsp3) is 0.500. The SMILES string of the molecule is CC(C)(C)[S+]([O-])/N=C\c1csc(Br)n1. The molecule has 1 atom stereocenters.